The third-order valence-electron chi connectivity index (χ3n) is 8.32. The van der Waals surface area contributed by atoms with Crippen molar-refractivity contribution in [3.8, 4) is 0 Å². The number of hydrogen-bond acceptors (Lipinski definition) is 4. The minimum atomic E-state index is -3.27. The minimum absolute atomic E-state index is 0.170. The van der Waals surface area contributed by atoms with Crippen LogP contribution in [-0.4, -0.2) is 50.9 Å². The number of fused-ring (bicyclic) bond motifs is 1. The number of nitrogens with one attached hydrogen (secondary N) is 1. The first-order chi connectivity index (χ1) is 14.2. The van der Waals surface area contributed by atoms with Gasteiger partial charge in [-0.25, -0.2) is 8.42 Å². The van der Waals surface area contributed by atoms with Gasteiger partial charge >= 0.3 is 0 Å². The number of nitrogens with zero attached hydrogens (tertiary/aromatic N) is 1. The number of hydrogen-bond donors (Lipinski definition) is 2. The number of piperidine rings is 1. The lowest BCUT2D eigenvalue weighted by atomic mass is 9.80. The summed E-state index contributed by atoms with van der Waals surface area (Å²) in [6.07, 6.45) is 8.49. The Balaban J connectivity index is 1.39. The van der Waals surface area contributed by atoms with Crippen molar-refractivity contribution in [3.05, 3.63) is 29.8 Å². The number of benzene rings is 1. The Morgan fingerprint density at radius 3 is 2.43 bits per heavy atom. The van der Waals surface area contributed by atoms with Crippen molar-refractivity contribution in [1.82, 2.24) is 4.90 Å². The molecule has 1 saturated heterocycles. The van der Waals surface area contributed by atoms with Crippen LogP contribution in [0.15, 0.2) is 24.3 Å². The molecule has 6 heteroatoms. The average Bonchev–Trinajstić information content (AvgIpc) is 3.02. The van der Waals surface area contributed by atoms with Gasteiger partial charge in [0, 0.05) is 30.8 Å². The van der Waals surface area contributed by atoms with Gasteiger partial charge in [-0.3, -0.25) is 4.72 Å². The van der Waals surface area contributed by atoms with E-state index in [9.17, 15) is 13.5 Å². The summed E-state index contributed by atoms with van der Waals surface area (Å²) in [6, 6.07) is 8.05. The fourth-order valence-electron chi connectivity index (χ4n) is 6.91. The summed E-state index contributed by atoms with van der Waals surface area (Å²) in [7, 11) is -3.27. The van der Waals surface area contributed by atoms with Crippen LogP contribution >= 0.6 is 0 Å². The zero-order valence-electron chi connectivity index (χ0n) is 18.7. The Kier molecular flexibility index (Phi) is 5.97. The first kappa shape index (κ1) is 22.1. The summed E-state index contributed by atoms with van der Waals surface area (Å²) in [5.41, 5.74) is 2.33. The smallest absolute Gasteiger partial charge is 0.229 e. The molecule has 1 aromatic rings. The lowest BCUT2D eigenvalue weighted by Crippen LogP contribution is -2.34. The normalized spacial score (nSPS) is 30.6. The second kappa shape index (κ2) is 8.10. The molecule has 0 aromatic heterocycles. The van der Waals surface area contributed by atoms with E-state index < -0.39 is 10.0 Å². The molecule has 0 amide bonds. The molecule has 4 rings (SSSR count). The van der Waals surface area contributed by atoms with Crippen molar-refractivity contribution in [2.24, 2.45) is 23.2 Å². The van der Waals surface area contributed by atoms with E-state index >= 15 is 0 Å². The van der Waals surface area contributed by atoms with Gasteiger partial charge in [0.2, 0.25) is 10.0 Å². The molecule has 30 heavy (non-hydrogen) atoms. The molecular formula is C24H38N2O3S. The van der Waals surface area contributed by atoms with E-state index in [0.29, 0.717) is 30.0 Å². The molecule has 2 aliphatic carbocycles. The molecule has 2 saturated carbocycles. The van der Waals surface area contributed by atoms with Crippen LogP contribution in [-0.2, 0) is 15.4 Å². The van der Waals surface area contributed by atoms with E-state index in [0.717, 1.165) is 26.1 Å². The molecule has 1 aromatic carbocycles. The molecule has 2 atom stereocenters. The van der Waals surface area contributed by atoms with E-state index in [1.807, 2.05) is 12.1 Å². The van der Waals surface area contributed by atoms with Crippen LogP contribution in [0.4, 0.5) is 5.69 Å². The predicted octanol–water partition coefficient (Wildman–Crippen LogP) is 3.85. The molecule has 5 nitrogen and oxygen atoms in total. The molecular weight excluding hydrogens is 396 g/mol. The topological polar surface area (TPSA) is 69.6 Å². The van der Waals surface area contributed by atoms with Gasteiger partial charge in [-0.1, -0.05) is 38.8 Å². The third kappa shape index (κ3) is 4.03. The summed E-state index contributed by atoms with van der Waals surface area (Å²) in [4.78, 5) is 2.62. The molecule has 3 fully saturated rings. The van der Waals surface area contributed by atoms with Gasteiger partial charge in [-0.05, 0) is 73.1 Å². The number of aliphatic hydroxyl groups is 1. The van der Waals surface area contributed by atoms with Gasteiger partial charge in [0.15, 0.2) is 0 Å². The summed E-state index contributed by atoms with van der Waals surface area (Å²) < 4.78 is 26.0. The van der Waals surface area contributed by atoms with Crippen molar-refractivity contribution < 1.29 is 13.5 Å². The van der Waals surface area contributed by atoms with Crippen LogP contribution < -0.4 is 4.72 Å². The van der Waals surface area contributed by atoms with Crippen molar-refractivity contribution in [1.29, 1.82) is 0 Å². The summed E-state index contributed by atoms with van der Waals surface area (Å²) in [5.74, 6) is 1.84. The van der Waals surface area contributed by atoms with E-state index in [4.69, 9.17) is 0 Å². The maximum atomic E-state index is 11.7. The minimum Gasteiger partial charge on any atom is -0.396 e. The zero-order chi connectivity index (χ0) is 21.6. The quantitative estimate of drug-likeness (QED) is 0.619. The molecule has 0 bridgehead atoms. The zero-order valence-corrected chi connectivity index (χ0v) is 19.5. The standard InChI is InChI=1S/C24H38N2O3S/c1-18(2)24(19-8-6-9-20(14-19)25-30(3,28)29)21-15-26(16-22(21)24)13-7-12-23(17-27)10-4-5-11-23/h6,8-9,14,18,21-22,25,27H,4-5,7,10-13,15-17H2,1-3H3. The fraction of sp³-hybridized carbons (Fsp3) is 0.750. The first-order valence-electron chi connectivity index (χ1n) is 11.6. The summed E-state index contributed by atoms with van der Waals surface area (Å²) in [5, 5.41) is 9.85. The molecule has 168 valence electrons. The Bertz CT molecular complexity index is 849. The molecule has 1 heterocycles. The number of likely N-dealkylation sites (tertiary alicyclic amines) is 1. The number of aliphatic hydroxyl groups excluding tert-OH is 1. The van der Waals surface area contributed by atoms with Crippen molar-refractivity contribution in [2.45, 2.75) is 57.8 Å². The van der Waals surface area contributed by atoms with Crippen LogP contribution in [0.1, 0.15) is 57.9 Å². The first-order valence-corrected chi connectivity index (χ1v) is 13.5. The second-order valence-electron chi connectivity index (χ2n) is 10.5. The monoisotopic (exact) mass is 434 g/mol. The lowest BCUT2D eigenvalue weighted by Gasteiger charge is -2.32. The van der Waals surface area contributed by atoms with Crippen molar-refractivity contribution >= 4 is 15.7 Å². The van der Waals surface area contributed by atoms with E-state index in [-0.39, 0.29) is 10.8 Å². The van der Waals surface area contributed by atoms with Crippen LogP contribution in [0, 0.1) is 23.2 Å². The molecule has 2 N–H and O–H groups in total. The lowest BCUT2D eigenvalue weighted by molar-refractivity contribution is 0.113. The molecule has 0 radical (unpaired) electrons. The Morgan fingerprint density at radius 2 is 1.87 bits per heavy atom. The molecule has 3 aliphatic rings. The van der Waals surface area contributed by atoms with Gasteiger partial charge in [0.25, 0.3) is 0 Å². The Labute approximate surface area is 182 Å². The van der Waals surface area contributed by atoms with Gasteiger partial charge in [-0.15, -0.1) is 0 Å². The highest BCUT2D eigenvalue weighted by Gasteiger charge is 2.69. The Hall–Kier alpha value is -1.11. The summed E-state index contributed by atoms with van der Waals surface area (Å²) in [6.45, 7) is 8.39. The van der Waals surface area contributed by atoms with Crippen LogP contribution in [0.3, 0.4) is 0 Å². The predicted molar refractivity (Wildman–Crippen MR) is 122 cm³/mol. The van der Waals surface area contributed by atoms with E-state index in [2.05, 4.69) is 35.6 Å². The molecule has 2 unspecified atom stereocenters. The highest BCUT2D eigenvalue weighted by atomic mass is 32.2. The third-order valence-corrected chi connectivity index (χ3v) is 8.92. The van der Waals surface area contributed by atoms with Crippen molar-refractivity contribution in [2.75, 3.05) is 37.2 Å². The second-order valence-corrected chi connectivity index (χ2v) is 12.2. The Morgan fingerprint density at radius 1 is 1.20 bits per heavy atom. The van der Waals surface area contributed by atoms with Gasteiger partial charge in [0.1, 0.15) is 0 Å². The van der Waals surface area contributed by atoms with Crippen molar-refractivity contribution in [3.63, 3.8) is 0 Å². The van der Waals surface area contributed by atoms with Gasteiger partial charge in [0.05, 0.1) is 6.26 Å². The summed E-state index contributed by atoms with van der Waals surface area (Å²) >= 11 is 0. The van der Waals surface area contributed by atoms with E-state index in [1.54, 1.807) is 0 Å². The fourth-order valence-corrected chi connectivity index (χ4v) is 7.46. The number of anilines is 1. The maximum Gasteiger partial charge on any atom is 0.229 e. The maximum absolute atomic E-state index is 11.7. The highest BCUT2D eigenvalue weighted by molar-refractivity contribution is 7.92. The van der Waals surface area contributed by atoms with Crippen LogP contribution in [0.5, 0.6) is 0 Å². The molecule has 0 spiro atoms. The van der Waals surface area contributed by atoms with Crippen LogP contribution in [0.25, 0.3) is 0 Å². The largest absolute Gasteiger partial charge is 0.396 e. The van der Waals surface area contributed by atoms with Gasteiger partial charge in [-0.2, -0.15) is 0 Å². The van der Waals surface area contributed by atoms with Gasteiger partial charge < -0.3 is 10.0 Å². The highest BCUT2D eigenvalue weighted by Crippen LogP contribution is 2.67. The number of sulfonamides is 1. The SMILES string of the molecule is CC(C)C1(c2cccc(NS(C)(=O)=O)c2)C2CN(CCCC3(CO)CCCC3)CC21. The van der Waals surface area contributed by atoms with Crippen LogP contribution in [0.2, 0.25) is 0 Å². The number of rotatable bonds is 9. The average molecular weight is 435 g/mol. The molecule has 1 aliphatic heterocycles. The van der Waals surface area contributed by atoms with E-state index in [1.165, 1.54) is 43.9 Å².